The van der Waals surface area contributed by atoms with Crippen molar-refractivity contribution in [1.82, 2.24) is 9.80 Å². The average molecular weight is 443 g/mol. The fourth-order valence-corrected chi connectivity index (χ4v) is 4.53. The van der Waals surface area contributed by atoms with E-state index in [9.17, 15) is 9.59 Å². The van der Waals surface area contributed by atoms with Crippen LogP contribution in [0.3, 0.4) is 0 Å². The molecule has 0 radical (unpaired) electrons. The summed E-state index contributed by atoms with van der Waals surface area (Å²) in [6, 6.07) is 29.2. The van der Waals surface area contributed by atoms with Crippen LogP contribution in [0.2, 0.25) is 0 Å². The maximum absolute atomic E-state index is 13.8. The van der Waals surface area contributed by atoms with Crippen molar-refractivity contribution in [2.24, 2.45) is 0 Å². The second kappa shape index (κ2) is 10.5. The molecule has 170 valence electrons. The van der Waals surface area contributed by atoms with Gasteiger partial charge in [0.25, 0.3) is 5.91 Å². The lowest BCUT2D eigenvalue weighted by molar-refractivity contribution is -0.156. The largest absolute Gasteiger partial charge is 0.464 e. The number of hydrogen-bond donors (Lipinski definition) is 0. The van der Waals surface area contributed by atoms with Crippen LogP contribution in [-0.4, -0.2) is 46.9 Å². The zero-order chi connectivity index (χ0) is 23.1. The van der Waals surface area contributed by atoms with Gasteiger partial charge in [-0.3, -0.25) is 9.69 Å². The van der Waals surface area contributed by atoms with E-state index in [1.165, 1.54) is 5.56 Å². The van der Waals surface area contributed by atoms with Crippen LogP contribution in [0.1, 0.15) is 34.8 Å². The van der Waals surface area contributed by atoms with Gasteiger partial charge < -0.3 is 9.64 Å². The summed E-state index contributed by atoms with van der Waals surface area (Å²) in [6.07, 6.45) is 0.532. The highest BCUT2D eigenvalue weighted by Gasteiger charge is 2.52. The first-order valence-electron chi connectivity index (χ1n) is 11.5. The molecule has 1 heterocycles. The molecule has 0 saturated carbocycles. The summed E-state index contributed by atoms with van der Waals surface area (Å²) in [6.45, 7) is 4.29. The predicted molar refractivity (Wildman–Crippen MR) is 128 cm³/mol. The molecule has 33 heavy (non-hydrogen) atoms. The topological polar surface area (TPSA) is 49.9 Å². The number of ether oxygens (including phenoxy) is 1. The lowest BCUT2D eigenvalue weighted by atomic mass is 9.93. The van der Waals surface area contributed by atoms with E-state index in [1.807, 2.05) is 73.7 Å². The smallest absolute Gasteiger partial charge is 0.333 e. The summed E-state index contributed by atoms with van der Waals surface area (Å²) in [7, 11) is 0. The van der Waals surface area contributed by atoms with E-state index in [2.05, 4.69) is 17.0 Å². The normalized spacial score (nSPS) is 18.1. The molecule has 0 bridgehead atoms. The Hall–Kier alpha value is -3.44. The maximum atomic E-state index is 13.8. The van der Waals surface area contributed by atoms with Crippen molar-refractivity contribution < 1.29 is 14.3 Å². The molecular weight excluding hydrogens is 412 g/mol. The molecule has 0 aliphatic carbocycles. The molecule has 1 atom stereocenters. The number of rotatable bonds is 8. The Balaban J connectivity index is 1.70. The Labute approximate surface area is 195 Å². The second-order valence-electron chi connectivity index (χ2n) is 8.44. The molecule has 5 nitrogen and oxygen atoms in total. The third-order valence-electron chi connectivity index (χ3n) is 6.20. The minimum atomic E-state index is -1.05. The fraction of sp³-hybridized carbons (Fsp3) is 0.286. The molecule has 3 aromatic carbocycles. The molecule has 3 aromatic rings. The molecule has 5 heteroatoms. The van der Waals surface area contributed by atoms with Gasteiger partial charge in [0.15, 0.2) is 5.54 Å². The van der Waals surface area contributed by atoms with Crippen molar-refractivity contribution in [3.8, 4) is 0 Å². The van der Waals surface area contributed by atoms with Crippen LogP contribution in [-0.2, 0) is 22.6 Å². The highest BCUT2D eigenvalue weighted by molar-refractivity contribution is 5.98. The van der Waals surface area contributed by atoms with E-state index in [4.69, 9.17) is 4.74 Å². The van der Waals surface area contributed by atoms with Crippen LogP contribution >= 0.6 is 0 Å². The molecule has 4 rings (SSSR count). The van der Waals surface area contributed by atoms with Crippen LogP contribution in [0, 0.1) is 0 Å². The molecule has 1 amide bonds. The van der Waals surface area contributed by atoms with Crippen molar-refractivity contribution in [1.29, 1.82) is 0 Å². The van der Waals surface area contributed by atoms with Crippen LogP contribution in [0.4, 0.5) is 0 Å². The monoisotopic (exact) mass is 442 g/mol. The molecule has 0 N–H and O–H groups in total. The number of amides is 1. The highest BCUT2D eigenvalue weighted by Crippen LogP contribution is 2.33. The summed E-state index contributed by atoms with van der Waals surface area (Å²) in [5, 5.41) is 0. The molecular formula is C28H30N2O3. The first-order valence-corrected chi connectivity index (χ1v) is 11.5. The van der Waals surface area contributed by atoms with Crippen LogP contribution in [0.25, 0.3) is 0 Å². The van der Waals surface area contributed by atoms with Gasteiger partial charge in [0, 0.05) is 31.7 Å². The van der Waals surface area contributed by atoms with E-state index >= 15 is 0 Å². The first kappa shape index (κ1) is 22.7. The van der Waals surface area contributed by atoms with Crippen molar-refractivity contribution in [2.45, 2.75) is 32.0 Å². The van der Waals surface area contributed by atoms with Crippen LogP contribution in [0.5, 0.6) is 0 Å². The molecule has 0 unspecified atom stereocenters. The molecule has 0 spiro atoms. The Morgan fingerprint density at radius 3 is 2.06 bits per heavy atom. The second-order valence-corrected chi connectivity index (χ2v) is 8.44. The van der Waals surface area contributed by atoms with E-state index in [0.29, 0.717) is 31.6 Å². The van der Waals surface area contributed by atoms with Crippen molar-refractivity contribution in [3.63, 3.8) is 0 Å². The quantitative estimate of drug-likeness (QED) is 0.481. The summed E-state index contributed by atoms with van der Waals surface area (Å²) < 4.78 is 5.57. The minimum Gasteiger partial charge on any atom is -0.464 e. The van der Waals surface area contributed by atoms with Gasteiger partial charge in [-0.05, 0) is 36.6 Å². The lowest BCUT2D eigenvalue weighted by Gasteiger charge is -2.39. The predicted octanol–water partition coefficient (Wildman–Crippen LogP) is 4.54. The van der Waals surface area contributed by atoms with Gasteiger partial charge in [-0.2, -0.15) is 0 Å². The molecule has 0 aromatic heterocycles. The highest BCUT2D eigenvalue weighted by atomic mass is 16.5. The number of hydrogen-bond acceptors (Lipinski definition) is 4. The van der Waals surface area contributed by atoms with Crippen LogP contribution < -0.4 is 0 Å². The summed E-state index contributed by atoms with van der Waals surface area (Å²) in [5.41, 5.74) is 1.68. The molecule has 1 fully saturated rings. The number of likely N-dealkylation sites (tertiary alicyclic amines) is 1. The zero-order valence-electron chi connectivity index (χ0n) is 19.0. The molecule has 1 saturated heterocycles. The third-order valence-corrected chi connectivity index (χ3v) is 6.20. The Bertz CT molecular complexity index is 1060. The van der Waals surface area contributed by atoms with Crippen molar-refractivity contribution in [2.75, 3.05) is 19.7 Å². The van der Waals surface area contributed by atoms with Gasteiger partial charge in [-0.25, -0.2) is 4.79 Å². The Kier molecular flexibility index (Phi) is 7.20. The van der Waals surface area contributed by atoms with Gasteiger partial charge >= 0.3 is 5.97 Å². The van der Waals surface area contributed by atoms with E-state index in [1.54, 1.807) is 17.0 Å². The zero-order valence-corrected chi connectivity index (χ0v) is 19.0. The van der Waals surface area contributed by atoms with Crippen molar-refractivity contribution in [3.05, 3.63) is 108 Å². The Morgan fingerprint density at radius 2 is 1.45 bits per heavy atom. The first-order chi connectivity index (χ1) is 16.1. The SMILES string of the molecule is CCOC(=O)[C@@]1(N(Cc2ccccc2)C(=O)c2ccccc2)CCN(Cc2ccccc2)C1. The number of benzene rings is 3. The lowest BCUT2D eigenvalue weighted by Crippen LogP contribution is -2.59. The summed E-state index contributed by atoms with van der Waals surface area (Å²) in [4.78, 5) is 31.3. The van der Waals surface area contributed by atoms with Gasteiger partial charge in [0.1, 0.15) is 0 Å². The van der Waals surface area contributed by atoms with Gasteiger partial charge in [0.2, 0.25) is 0 Å². The van der Waals surface area contributed by atoms with Crippen molar-refractivity contribution >= 4 is 11.9 Å². The molecule has 1 aliphatic heterocycles. The standard InChI is InChI=1S/C28H30N2O3/c1-2-33-27(32)28(18-19-29(22-28)20-23-12-6-3-7-13-23)30(21-24-14-8-4-9-15-24)26(31)25-16-10-5-11-17-25/h3-17H,2,18-22H2,1H3/t28-/m1/s1. The average Bonchev–Trinajstić information content (AvgIpc) is 3.29. The number of esters is 1. The van der Waals surface area contributed by atoms with Gasteiger partial charge in [-0.1, -0.05) is 78.9 Å². The third kappa shape index (κ3) is 5.15. The number of carbonyl (C=O) groups excluding carboxylic acids is 2. The van der Waals surface area contributed by atoms with E-state index in [0.717, 1.165) is 12.1 Å². The van der Waals surface area contributed by atoms with Crippen LogP contribution in [0.15, 0.2) is 91.0 Å². The fourth-order valence-electron chi connectivity index (χ4n) is 4.53. The van der Waals surface area contributed by atoms with Gasteiger partial charge in [0.05, 0.1) is 6.61 Å². The number of carbonyl (C=O) groups is 2. The van der Waals surface area contributed by atoms with E-state index < -0.39 is 5.54 Å². The Morgan fingerprint density at radius 1 is 0.879 bits per heavy atom. The van der Waals surface area contributed by atoms with Gasteiger partial charge in [-0.15, -0.1) is 0 Å². The van der Waals surface area contributed by atoms with E-state index in [-0.39, 0.29) is 18.5 Å². The summed E-state index contributed by atoms with van der Waals surface area (Å²) >= 11 is 0. The number of nitrogens with zero attached hydrogens (tertiary/aromatic N) is 2. The maximum Gasteiger partial charge on any atom is 0.333 e. The molecule has 1 aliphatic rings. The summed E-state index contributed by atoms with van der Waals surface area (Å²) in [5.74, 6) is -0.491. The minimum absolute atomic E-state index is 0.158.